The van der Waals surface area contributed by atoms with Crippen molar-refractivity contribution in [2.24, 2.45) is 0 Å². The minimum absolute atomic E-state index is 0.0459. The molecule has 2 aliphatic heterocycles. The predicted octanol–water partition coefficient (Wildman–Crippen LogP) is 3.66. The summed E-state index contributed by atoms with van der Waals surface area (Å²) in [5, 5.41) is 14.8. The second-order valence-electron chi connectivity index (χ2n) is 11.1. The number of nitrogens with zero attached hydrogens (tertiary/aromatic N) is 8. The lowest BCUT2D eigenvalue weighted by molar-refractivity contribution is -0.126. The third-order valence-electron chi connectivity index (χ3n) is 7.41. The number of anilines is 1. The Bertz CT molecular complexity index is 1890. The minimum atomic E-state index is -0.717. The molecule has 5 heterocycles. The molecular weight excluding hydrogens is 563 g/mol. The number of carbonyl (C=O) groups excluding carboxylic acids is 1. The maximum atomic E-state index is 15.1. The Morgan fingerprint density at radius 1 is 1.26 bits per heavy atom. The van der Waals surface area contributed by atoms with Crippen molar-refractivity contribution in [1.29, 1.82) is 5.26 Å². The molecule has 0 spiro atoms. The highest BCUT2D eigenvalue weighted by Crippen LogP contribution is 2.45. The largest absolute Gasteiger partial charge is 0.489 e. The lowest BCUT2D eigenvalue weighted by Gasteiger charge is -2.40. The van der Waals surface area contributed by atoms with E-state index in [9.17, 15) is 14.9 Å². The van der Waals surface area contributed by atoms with Gasteiger partial charge in [0.05, 0.1) is 23.5 Å². The molecular formula is C29H26ClFN8O3. The number of fused-ring (bicyclic) bond motifs is 2. The number of pyridine rings is 1. The van der Waals surface area contributed by atoms with Gasteiger partial charge < -0.3 is 14.5 Å². The van der Waals surface area contributed by atoms with Crippen molar-refractivity contribution in [3.05, 3.63) is 70.0 Å². The fraction of sp³-hybridized carbons (Fsp3) is 0.310. The number of carbonyl (C=O) groups is 1. The molecule has 6 rings (SSSR count). The number of ether oxygens (including phenoxy) is 1. The van der Waals surface area contributed by atoms with Gasteiger partial charge in [-0.15, -0.1) is 0 Å². The van der Waals surface area contributed by atoms with Crippen molar-refractivity contribution < 1.29 is 13.9 Å². The number of benzene rings is 1. The van der Waals surface area contributed by atoms with Crippen molar-refractivity contribution in [3.63, 3.8) is 0 Å². The zero-order chi connectivity index (χ0) is 29.9. The average molecular weight is 589 g/mol. The molecule has 1 atom stereocenters. The molecule has 0 radical (unpaired) electrons. The van der Waals surface area contributed by atoms with Gasteiger partial charge in [0.1, 0.15) is 40.3 Å². The lowest BCUT2D eigenvalue weighted by Crippen LogP contribution is -2.56. The van der Waals surface area contributed by atoms with Crippen molar-refractivity contribution in [3.8, 4) is 28.9 Å². The van der Waals surface area contributed by atoms with Crippen LogP contribution in [0.4, 0.5) is 10.2 Å². The average Bonchev–Trinajstić information content (AvgIpc) is 3.33. The van der Waals surface area contributed by atoms with E-state index in [0.717, 1.165) is 0 Å². The first-order chi connectivity index (χ1) is 20.0. The normalized spacial score (nSPS) is 16.4. The third-order valence-corrected chi connectivity index (χ3v) is 7.76. The van der Waals surface area contributed by atoms with Crippen LogP contribution in [-0.2, 0) is 10.3 Å². The predicted molar refractivity (Wildman–Crippen MR) is 154 cm³/mol. The lowest BCUT2D eigenvalue weighted by atomic mass is 10.1. The number of piperazine rings is 1. The zero-order valence-electron chi connectivity index (χ0n) is 23.1. The summed E-state index contributed by atoms with van der Waals surface area (Å²) in [4.78, 5) is 39.2. The highest BCUT2D eigenvalue weighted by Gasteiger charge is 2.38. The summed E-state index contributed by atoms with van der Waals surface area (Å²) in [6.07, 6.45) is 2.63. The van der Waals surface area contributed by atoms with Gasteiger partial charge in [0.15, 0.2) is 17.2 Å². The van der Waals surface area contributed by atoms with Gasteiger partial charge in [-0.25, -0.2) is 23.4 Å². The molecule has 3 aromatic heterocycles. The Kier molecular flexibility index (Phi) is 6.50. The monoisotopic (exact) mass is 588 g/mol. The van der Waals surface area contributed by atoms with Crippen LogP contribution in [0.15, 0.2) is 47.9 Å². The summed E-state index contributed by atoms with van der Waals surface area (Å²) in [6, 6.07) is 7.76. The molecule has 2 aliphatic rings. The van der Waals surface area contributed by atoms with Gasteiger partial charge >= 0.3 is 5.69 Å². The molecule has 1 aromatic carbocycles. The number of halogens is 2. The van der Waals surface area contributed by atoms with E-state index in [0.29, 0.717) is 25.0 Å². The summed E-state index contributed by atoms with van der Waals surface area (Å²) in [6.45, 7) is 10.4. The molecule has 1 saturated heterocycles. The molecule has 13 heteroatoms. The summed E-state index contributed by atoms with van der Waals surface area (Å²) in [7, 11) is 0. The molecule has 0 N–H and O–H groups in total. The first-order valence-electron chi connectivity index (χ1n) is 13.3. The highest BCUT2D eigenvalue weighted by molar-refractivity contribution is 6.36. The summed E-state index contributed by atoms with van der Waals surface area (Å²) in [5.74, 6) is -0.164. The summed E-state index contributed by atoms with van der Waals surface area (Å²) in [5.41, 5.74) is -0.982. The van der Waals surface area contributed by atoms with Crippen LogP contribution < -0.4 is 15.3 Å². The van der Waals surface area contributed by atoms with E-state index in [1.165, 1.54) is 29.0 Å². The first-order valence-corrected chi connectivity index (χ1v) is 13.6. The van der Waals surface area contributed by atoms with Gasteiger partial charge in [-0.2, -0.15) is 15.3 Å². The quantitative estimate of drug-likeness (QED) is 0.332. The van der Waals surface area contributed by atoms with E-state index in [-0.39, 0.29) is 63.4 Å². The number of hydrogen-bond donors (Lipinski definition) is 0. The smallest absolute Gasteiger partial charge is 0.357 e. The number of rotatable bonds is 3. The molecule has 0 aliphatic carbocycles. The molecule has 1 fully saturated rings. The van der Waals surface area contributed by atoms with Gasteiger partial charge in [0.25, 0.3) is 0 Å². The maximum absolute atomic E-state index is 15.1. The molecule has 0 unspecified atom stereocenters. The van der Waals surface area contributed by atoms with Crippen molar-refractivity contribution >= 4 is 34.4 Å². The standard InChI is InChI=1S/C29H26ClFN8O3/c1-5-20(40)36-10-11-37-17(14-36)15-42-24-21-25(37)35-28(41)38(27-16(12-32)13-33-39(27)29(2,3)4)26(21)34-23(22(24)30)18-8-6-7-9-19(18)31/h5-9,13,17H,1,10-11,14-15H2,2-4H3/t17-/m1/s1. The number of amides is 1. The molecule has 0 saturated carbocycles. The minimum Gasteiger partial charge on any atom is -0.489 e. The fourth-order valence-corrected chi connectivity index (χ4v) is 5.75. The number of aromatic nitrogens is 5. The van der Waals surface area contributed by atoms with Crippen LogP contribution in [0.3, 0.4) is 0 Å². The molecule has 1 amide bonds. The third kappa shape index (κ3) is 4.19. The SMILES string of the molecule is C=CC(=O)N1CCN2c3nc(=O)n(-c4c(C#N)cnn4C(C)(C)C)c4nc(-c5ccccc5F)c(Cl)c(c34)OC[C@H]2C1. The van der Waals surface area contributed by atoms with E-state index in [1.54, 1.807) is 21.7 Å². The number of hydrogen-bond acceptors (Lipinski definition) is 8. The van der Waals surface area contributed by atoms with E-state index < -0.39 is 17.0 Å². The molecule has 0 bridgehead atoms. The first kappa shape index (κ1) is 27.4. The van der Waals surface area contributed by atoms with Crippen LogP contribution >= 0.6 is 11.6 Å². The van der Waals surface area contributed by atoms with Crippen LogP contribution in [0.1, 0.15) is 26.3 Å². The van der Waals surface area contributed by atoms with Gasteiger partial charge in [0.2, 0.25) is 5.91 Å². The van der Waals surface area contributed by atoms with E-state index in [1.807, 2.05) is 25.7 Å². The van der Waals surface area contributed by atoms with Crippen molar-refractivity contribution in [2.45, 2.75) is 32.4 Å². The summed E-state index contributed by atoms with van der Waals surface area (Å²) >= 11 is 6.92. The fourth-order valence-electron chi connectivity index (χ4n) is 5.46. The molecule has 11 nitrogen and oxygen atoms in total. The Morgan fingerprint density at radius 3 is 2.71 bits per heavy atom. The maximum Gasteiger partial charge on any atom is 0.357 e. The molecule has 42 heavy (non-hydrogen) atoms. The summed E-state index contributed by atoms with van der Waals surface area (Å²) < 4.78 is 24.2. The van der Waals surface area contributed by atoms with Crippen molar-refractivity contribution in [2.75, 3.05) is 31.1 Å². The van der Waals surface area contributed by atoms with Gasteiger partial charge in [0, 0.05) is 25.2 Å². The van der Waals surface area contributed by atoms with Crippen LogP contribution in [0, 0.1) is 17.1 Å². The van der Waals surface area contributed by atoms with Crippen LogP contribution in [-0.4, -0.2) is 67.4 Å². The molecule has 4 aromatic rings. The Hall–Kier alpha value is -4.76. The Morgan fingerprint density at radius 2 is 2.02 bits per heavy atom. The Balaban J connectivity index is 1.71. The molecule has 214 valence electrons. The van der Waals surface area contributed by atoms with E-state index in [4.69, 9.17) is 21.3 Å². The van der Waals surface area contributed by atoms with Gasteiger partial charge in [-0.3, -0.25) is 4.79 Å². The number of nitriles is 1. The topological polar surface area (TPSA) is 122 Å². The van der Waals surface area contributed by atoms with Gasteiger partial charge in [-0.1, -0.05) is 30.3 Å². The van der Waals surface area contributed by atoms with Crippen LogP contribution in [0.25, 0.3) is 28.1 Å². The van der Waals surface area contributed by atoms with Crippen LogP contribution in [0.5, 0.6) is 5.75 Å². The second kappa shape index (κ2) is 9.95. The zero-order valence-corrected chi connectivity index (χ0v) is 23.9. The van der Waals surface area contributed by atoms with Gasteiger partial charge in [-0.05, 0) is 39.0 Å². The van der Waals surface area contributed by atoms with E-state index >= 15 is 4.39 Å². The van der Waals surface area contributed by atoms with Crippen molar-refractivity contribution in [1.82, 2.24) is 29.2 Å². The highest BCUT2D eigenvalue weighted by atomic mass is 35.5. The Labute approximate surface area is 245 Å². The second-order valence-corrected chi connectivity index (χ2v) is 11.4. The van der Waals surface area contributed by atoms with E-state index in [2.05, 4.69) is 22.7 Å². The van der Waals surface area contributed by atoms with Crippen LogP contribution in [0.2, 0.25) is 5.02 Å².